The number of nitrogens with one attached hydrogen (secondary N) is 1. The molecule has 0 unspecified atom stereocenters. The SMILES string of the molecule is CC[C@H]1CN(Cc2ccc(C(=O)O)cc2)CCN1. The summed E-state index contributed by atoms with van der Waals surface area (Å²) in [6.45, 7) is 6.25. The van der Waals surface area contributed by atoms with Gasteiger partial charge in [-0.3, -0.25) is 4.90 Å². The minimum Gasteiger partial charge on any atom is -0.478 e. The maximum Gasteiger partial charge on any atom is 0.335 e. The van der Waals surface area contributed by atoms with Crippen molar-refractivity contribution in [3.63, 3.8) is 0 Å². The fourth-order valence-corrected chi connectivity index (χ4v) is 2.32. The Balaban J connectivity index is 1.94. The molecule has 1 aromatic rings. The molecular weight excluding hydrogens is 228 g/mol. The van der Waals surface area contributed by atoms with Gasteiger partial charge in [0.1, 0.15) is 0 Å². The third kappa shape index (κ3) is 3.31. The van der Waals surface area contributed by atoms with Gasteiger partial charge in [0.2, 0.25) is 0 Å². The Morgan fingerprint density at radius 1 is 1.44 bits per heavy atom. The molecule has 2 rings (SSSR count). The lowest BCUT2D eigenvalue weighted by molar-refractivity contribution is 0.0697. The van der Waals surface area contributed by atoms with Crippen molar-refractivity contribution in [2.45, 2.75) is 25.9 Å². The maximum absolute atomic E-state index is 10.8. The van der Waals surface area contributed by atoms with E-state index in [1.54, 1.807) is 12.1 Å². The summed E-state index contributed by atoms with van der Waals surface area (Å²) < 4.78 is 0. The van der Waals surface area contributed by atoms with Crippen molar-refractivity contribution in [1.29, 1.82) is 0 Å². The van der Waals surface area contributed by atoms with Gasteiger partial charge in [0, 0.05) is 32.2 Å². The van der Waals surface area contributed by atoms with Crippen LogP contribution in [-0.2, 0) is 6.54 Å². The van der Waals surface area contributed by atoms with Crippen molar-refractivity contribution in [3.8, 4) is 0 Å². The van der Waals surface area contributed by atoms with Gasteiger partial charge in [-0.2, -0.15) is 0 Å². The van der Waals surface area contributed by atoms with Gasteiger partial charge in [0.05, 0.1) is 5.56 Å². The number of carboxylic acids is 1. The number of carbonyl (C=O) groups is 1. The molecule has 1 aromatic carbocycles. The Morgan fingerprint density at radius 2 is 2.17 bits per heavy atom. The molecule has 0 aromatic heterocycles. The molecular formula is C14H20N2O2. The van der Waals surface area contributed by atoms with Crippen LogP contribution in [0.15, 0.2) is 24.3 Å². The van der Waals surface area contributed by atoms with Crippen LogP contribution in [0.4, 0.5) is 0 Å². The Bertz CT molecular complexity index is 403. The van der Waals surface area contributed by atoms with Crippen molar-refractivity contribution >= 4 is 5.97 Å². The molecule has 1 saturated heterocycles. The summed E-state index contributed by atoms with van der Waals surface area (Å²) in [5.41, 5.74) is 1.53. The Kier molecular flexibility index (Phi) is 4.33. The largest absolute Gasteiger partial charge is 0.478 e. The third-order valence-electron chi connectivity index (χ3n) is 3.44. The van der Waals surface area contributed by atoms with Crippen molar-refractivity contribution in [2.24, 2.45) is 0 Å². The number of hydrogen-bond donors (Lipinski definition) is 2. The van der Waals surface area contributed by atoms with Crippen LogP contribution in [0.5, 0.6) is 0 Å². The Labute approximate surface area is 108 Å². The first kappa shape index (κ1) is 13.1. The molecule has 2 N–H and O–H groups in total. The van der Waals surface area contributed by atoms with Gasteiger partial charge in [0.15, 0.2) is 0 Å². The number of hydrogen-bond acceptors (Lipinski definition) is 3. The molecule has 4 nitrogen and oxygen atoms in total. The summed E-state index contributed by atoms with van der Waals surface area (Å²) in [6.07, 6.45) is 1.15. The van der Waals surface area contributed by atoms with E-state index in [-0.39, 0.29) is 0 Å². The molecule has 18 heavy (non-hydrogen) atoms. The van der Waals surface area contributed by atoms with Crippen LogP contribution in [0.25, 0.3) is 0 Å². The Hall–Kier alpha value is -1.39. The highest BCUT2D eigenvalue weighted by atomic mass is 16.4. The number of nitrogens with zero attached hydrogens (tertiary/aromatic N) is 1. The van der Waals surface area contributed by atoms with Crippen LogP contribution in [0, 0.1) is 0 Å². The van der Waals surface area contributed by atoms with Crippen LogP contribution in [0.2, 0.25) is 0 Å². The van der Waals surface area contributed by atoms with Crippen LogP contribution in [-0.4, -0.2) is 41.7 Å². The highest BCUT2D eigenvalue weighted by molar-refractivity contribution is 5.87. The fourth-order valence-electron chi connectivity index (χ4n) is 2.32. The Morgan fingerprint density at radius 3 is 2.78 bits per heavy atom. The van der Waals surface area contributed by atoms with E-state index in [4.69, 9.17) is 5.11 Å². The monoisotopic (exact) mass is 248 g/mol. The van der Waals surface area contributed by atoms with Crippen LogP contribution in [0.3, 0.4) is 0 Å². The molecule has 1 heterocycles. The van der Waals surface area contributed by atoms with Crippen molar-refractivity contribution in [2.75, 3.05) is 19.6 Å². The zero-order chi connectivity index (χ0) is 13.0. The van der Waals surface area contributed by atoms with Crippen LogP contribution in [0.1, 0.15) is 29.3 Å². The van der Waals surface area contributed by atoms with Gasteiger partial charge in [-0.05, 0) is 24.1 Å². The van der Waals surface area contributed by atoms with Crippen LogP contribution < -0.4 is 5.32 Å². The van der Waals surface area contributed by atoms with E-state index in [2.05, 4.69) is 17.1 Å². The highest BCUT2D eigenvalue weighted by Gasteiger charge is 2.17. The summed E-state index contributed by atoms with van der Waals surface area (Å²) in [4.78, 5) is 13.2. The molecule has 0 saturated carbocycles. The second kappa shape index (κ2) is 5.98. The first-order chi connectivity index (χ1) is 8.69. The van der Waals surface area contributed by atoms with E-state index >= 15 is 0 Å². The summed E-state index contributed by atoms with van der Waals surface area (Å²) in [7, 11) is 0. The third-order valence-corrected chi connectivity index (χ3v) is 3.44. The summed E-state index contributed by atoms with van der Waals surface area (Å²) in [5.74, 6) is -0.866. The standard InChI is InChI=1S/C14H20N2O2/c1-2-13-10-16(8-7-15-13)9-11-3-5-12(6-4-11)14(17)18/h3-6,13,15H,2,7-10H2,1H3,(H,17,18)/t13-/m0/s1. The number of carboxylic acid groups (broad SMARTS) is 1. The minimum absolute atomic E-state index is 0.352. The highest BCUT2D eigenvalue weighted by Crippen LogP contribution is 2.10. The molecule has 0 bridgehead atoms. The van der Waals surface area contributed by atoms with Gasteiger partial charge in [-0.1, -0.05) is 19.1 Å². The average molecular weight is 248 g/mol. The lowest BCUT2D eigenvalue weighted by atomic mass is 10.1. The van der Waals surface area contributed by atoms with E-state index in [1.807, 2.05) is 12.1 Å². The first-order valence-electron chi connectivity index (χ1n) is 6.47. The molecule has 1 fully saturated rings. The number of piperazine rings is 1. The van der Waals surface area contributed by atoms with E-state index in [1.165, 1.54) is 5.56 Å². The predicted molar refractivity (Wildman–Crippen MR) is 70.8 cm³/mol. The normalized spacial score (nSPS) is 20.8. The molecule has 1 aliphatic heterocycles. The van der Waals surface area contributed by atoms with Crippen molar-refractivity contribution in [3.05, 3.63) is 35.4 Å². The fraction of sp³-hybridized carbons (Fsp3) is 0.500. The molecule has 4 heteroatoms. The second-order valence-electron chi connectivity index (χ2n) is 4.80. The van der Waals surface area contributed by atoms with Crippen molar-refractivity contribution < 1.29 is 9.90 Å². The second-order valence-corrected chi connectivity index (χ2v) is 4.80. The molecule has 0 radical (unpaired) electrons. The number of benzene rings is 1. The quantitative estimate of drug-likeness (QED) is 0.849. The van der Waals surface area contributed by atoms with E-state index in [9.17, 15) is 4.79 Å². The maximum atomic E-state index is 10.8. The minimum atomic E-state index is -0.866. The van der Waals surface area contributed by atoms with E-state index in [0.717, 1.165) is 32.6 Å². The van der Waals surface area contributed by atoms with E-state index in [0.29, 0.717) is 11.6 Å². The number of aromatic carboxylic acids is 1. The van der Waals surface area contributed by atoms with Gasteiger partial charge in [0.25, 0.3) is 0 Å². The zero-order valence-corrected chi connectivity index (χ0v) is 10.7. The van der Waals surface area contributed by atoms with Gasteiger partial charge in [-0.15, -0.1) is 0 Å². The van der Waals surface area contributed by atoms with Gasteiger partial charge >= 0.3 is 5.97 Å². The molecule has 1 aliphatic rings. The van der Waals surface area contributed by atoms with Crippen LogP contribution >= 0.6 is 0 Å². The summed E-state index contributed by atoms with van der Waals surface area (Å²) >= 11 is 0. The lowest BCUT2D eigenvalue weighted by Gasteiger charge is -2.33. The van der Waals surface area contributed by atoms with E-state index < -0.39 is 5.97 Å². The first-order valence-corrected chi connectivity index (χ1v) is 6.47. The molecule has 0 spiro atoms. The molecule has 98 valence electrons. The average Bonchev–Trinajstić information content (AvgIpc) is 2.39. The molecule has 0 aliphatic carbocycles. The number of rotatable bonds is 4. The predicted octanol–water partition coefficient (Wildman–Crippen LogP) is 1.57. The van der Waals surface area contributed by atoms with Crippen molar-refractivity contribution in [1.82, 2.24) is 10.2 Å². The summed E-state index contributed by atoms with van der Waals surface area (Å²) in [6, 6.07) is 7.75. The molecule has 0 amide bonds. The smallest absolute Gasteiger partial charge is 0.335 e. The van der Waals surface area contributed by atoms with Gasteiger partial charge in [-0.25, -0.2) is 4.79 Å². The topological polar surface area (TPSA) is 52.6 Å². The molecule has 1 atom stereocenters. The summed E-state index contributed by atoms with van der Waals surface area (Å²) in [5, 5.41) is 12.3. The van der Waals surface area contributed by atoms with Gasteiger partial charge < -0.3 is 10.4 Å². The lowest BCUT2D eigenvalue weighted by Crippen LogP contribution is -2.49. The zero-order valence-electron chi connectivity index (χ0n) is 10.7.